The molecule has 0 spiro atoms. The topological polar surface area (TPSA) is 70.4 Å². The van der Waals surface area contributed by atoms with Crippen LogP contribution in [-0.4, -0.2) is 28.7 Å². The minimum Gasteiger partial charge on any atom is -0.488 e. The number of ether oxygens (including phenoxy) is 2. The SMILES string of the molecule is O=C(CCn1cnc2sccc2c1=O)OCCOc1ccccc1Cl. The smallest absolute Gasteiger partial charge is 0.307 e. The maximum absolute atomic E-state index is 12.2. The van der Waals surface area contributed by atoms with E-state index in [2.05, 4.69) is 4.98 Å². The van der Waals surface area contributed by atoms with E-state index in [4.69, 9.17) is 21.1 Å². The van der Waals surface area contributed by atoms with E-state index in [0.29, 0.717) is 21.0 Å². The number of nitrogens with zero attached hydrogens (tertiary/aromatic N) is 2. The van der Waals surface area contributed by atoms with Crippen LogP contribution in [0.15, 0.2) is 46.8 Å². The number of esters is 1. The van der Waals surface area contributed by atoms with Gasteiger partial charge in [0.1, 0.15) is 23.8 Å². The first-order valence-corrected chi connectivity index (χ1v) is 8.86. The van der Waals surface area contributed by atoms with Crippen molar-refractivity contribution in [3.05, 3.63) is 57.4 Å². The molecule has 1 aromatic carbocycles. The van der Waals surface area contributed by atoms with Crippen LogP contribution in [0, 0.1) is 0 Å². The average Bonchev–Trinajstić information content (AvgIpc) is 3.09. The summed E-state index contributed by atoms with van der Waals surface area (Å²) in [6.45, 7) is 0.542. The standard InChI is InChI=1S/C17H15ClN2O4S/c18-13-3-1-2-4-14(13)23-8-9-24-15(21)5-7-20-11-19-16-12(17(20)22)6-10-25-16/h1-4,6,10-11H,5,7-9H2. The second kappa shape index (κ2) is 8.13. The van der Waals surface area contributed by atoms with E-state index >= 15 is 0 Å². The monoisotopic (exact) mass is 378 g/mol. The third kappa shape index (κ3) is 4.37. The van der Waals surface area contributed by atoms with Crippen LogP contribution in [0.4, 0.5) is 0 Å². The molecule has 0 atom stereocenters. The number of thiophene rings is 1. The minimum atomic E-state index is -0.403. The van der Waals surface area contributed by atoms with Gasteiger partial charge in [0.2, 0.25) is 0 Å². The number of carbonyl (C=O) groups excluding carboxylic acids is 1. The van der Waals surface area contributed by atoms with Crippen molar-refractivity contribution in [2.45, 2.75) is 13.0 Å². The molecule has 0 N–H and O–H groups in total. The maximum atomic E-state index is 12.2. The number of fused-ring (bicyclic) bond motifs is 1. The number of aromatic nitrogens is 2. The van der Waals surface area contributed by atoms with Crippen molar-refractivity contribution in [3.8, 4) is 5.75 Å². The fourth-order valence-corrected chi connectivity index (χ4v) is 3.12. The van der Waals surface area contributed by atoms with Crippen LogP contribution >= 0.6 is 22.9 Å². The first kappa shape index (κ1) is 17.4. The van der Waals surface area contributed by atoms with Crippen molar-refractivity contribution in [3.63, 3.8) is 0 Å². The fourth-order valence-electron chi connectivity index (χ4n) is 2.21. The van der Waals surface area contributed by atoms with Crippen LogP contribution in [0.2, 0.25) is 5.02 Å². The number of hydrogen-bond acceptors (Lipinski definition) is 6. The highest BCUT2D eigenvalue weighted by Crippen LogP contribution is 2.22. The molecule has 0 aliphatic heterocycles. The van der Waals surface area contributed by atoms with Crippen molar-refractivity contribution in [1.29, 1.82) is 0 Å². The Kier molecular flexibility index (Phi) is 5.67. The predicted molar refractivity (Wildman–Crippen MR) is 96.4 cm³/mol. The Morgan fingerprint density at radius 1 is 1.24 bits per heavy atom. The molecule has 3 rings (SSSR count). The second-order valence-corrected chi connectivity index (χ2v) is 6.43. The number of para-hydroxylation sites is 1. The molecule has 0 saturated carbocycles. The van der Waals surface area contributed by atoms with Gasteiger partial charge < -0.3 is 9.47 Å². The van der Waals surface area contributed by atoms with Gasteiger partial charge in [0.15, 0.2) is 0 Å². The molecule has 8 heteroatoms. The average molecular weight is 379 g/mol. The molecule has 0 bridgehead atoms. The molecule has 0 amide bonds. The van der Waals surface area contributed by atoms with E-state index in [1.165, 1.54) is 22.2 Å². The van der Waals surface area contributed by atoms with Crippen molar-refractivity contribution < 1.29 is 14.3 Å². The van der Waals surface area contributed by atoms with Crippen LogP contribution in [0.3, 0.4) is 0 Å². The van der Waals surface area contributed by atoms with Crippen molar-refractivity contribution in [1.82, 2.24) is 9.55 Å². The molecular weight excluding hydrogens is 364 g/mol. The zero-order chi connectivity index (χ0) is 17.6. The van der Waals surface area contributed by atoms with Gasteiger partial charge in [-0.2, -0.15) is 0 Å². The number of halogens is 1. The van der Waals surface area contributed by atoms with E-state index in [1.807, 2.05) is 11.4 Å². The highest BCUT2D eigenvalue weighted by atomic mass is 35.5. The third-order valence-electron chi connectivity index (χ3n) is 3.45. The molecule has 3 aromatic rings. The molecule has 130 valence electrons. The summed E-state index contributed by atoms with van der Waals surface area (Å²) < 4.78 is 11.9. The molecule has 2 heterocycles. The van der Waals surface area contributed by atoms with Crippen molar-refractivity contribution in [2.75, 3.05) is 13.2 Å². The van der Waals surface area contributed by atoms with Crippen LogP contribution in [0.5, 0.6) is 5.75 Å². The van der Waals surface area contributed by atoms with Gasteiger partial charge in [-0.15, -0.1) is 11.3 Å². The molecule has 0 aliphatic rings. The van der Waals surface area contributed by atoms with E-state index in [0.717, 1.165) is 0 Å². The Labute approximate surface area is 152 Å². The lowest BCUT2D eigenvalue weighted by Gasteiger charge is -2.09. The molecule has 0 radical (unpaired) electrons. The Bertz CT molecular complexity index is 938. The van der Waals surface area contributed by atoms with E-state index in [-0.39, 0.29) is 31.7 Å². The van der Waals surface area contributed by atoms with Crippen LogP contribution < -0.4 is 10.3 Å². The number of benzene rings is 1. The van der Waals surface area contributed by atoms with Gasteiger partial charge >= 0.3 is 5.97 Å². The predicted octanol–water partition coefficient (Wildman–Crippen LogP) is 3.12. The number of aryl methyl sites for hydroxylation is 1. The van der Waals surface area contributed by atoms with Crippen LogP contribution in [0.25, 0.3) is 10.2 Å². The Morgan fingerprint density at radius 2 is 2.08 bits per heavy atom. The Hall–Kier alpha value is -2.38. The summed E-state index contributed by atoms with van der Waals surface area (Å²) in [7, 11) is 0. The van der Waals surface area contributed by atoms with E-state index in [9.17, 15) is 9.59 Å². The van der Waals surface area contributed by atoms with Gasteiger partial charge in [-0.1, -0.05) is 23.7 Å². The van der Waals surface area contributed by atoms with Gasteiger partial charge in [-0.05, 0) is 23.6 Å². The summed E-state index contributed by atoms with van der Waals surface area (Å²) in [6, 6.07) is 8.81. The van der Waals surface area contributed by atoms with Gasteiger partial charge in [0.25, 0.3) is 5.56 Å². The van der Waals surface area contributed by atoms with Gasteiger partial charge in [0, 0.05) is 6.54 Å². The number of hydrogen-bond donors (Lipinski definition) is 0. The first-order valence-electron chi connectivity index (χ1n) is 7.61. The summed E-state index contributed by atoms with van der Waals surface area (Å²) in [4.78, 5) is 28.9. The van der Waals surface area contributed by atoms with Crippen molar-refractivity contribution >= 4 is 39.1 Å². The molecule has 25 heavy (non-hydrogen) atoms. The van der Waals surface area contributed by atoms with Gasteiger partial charge in [-0.3, -0.25) is 14.2 Å². The van der Waals surface area contributed by atoms with Crippen LogP contribution in [-0.2, 0) is 16.1 Å². The molecule has 2 aromatic heterocycles. The lowest BCUT2D eigenvalue weighted by atomic mass is 10.3. The molecule has 0 saturated heterocycles. The fraction of sp³-hybridized carbons (Fsp3) is 0.235. The molecule has 6 nitrogen and oxygen atoms in total. The van der Waals surface area contributed by atoms with Gasteiger partial charge in [-0.25, -0.2) is 4.98 Å². The van der Waals surface area contributed by atoms with E-state index in [1.54, 1.807) is 24.3 Å². The minimum absolute atomic E-state index is 0.0866. The van der Waals surface area contributed by atoms with Crippen molar-refractivity contribution in [2.24, 2.45) is 0 Å². The first-order chi connectivity index (χ1) is 12.1. The largest absolute Gasteiger partial charge is 0.488 e. The summed E-state index contributed by atoms with van der Waals surface area (Å²) in [5.74, 6) is 0.141. The summed E-state index contributed by atoms with van der Waals surface area (Å²) >= 11 is 7.37. The Balaban J connectivity index is 1.44. The highest BCUT2D eigenvalue weighted by molar-refractivity contribution is 7.16. The third-order valence-corrected chi connectivity index (χ3v) is 4.58. The molecule has 0 fully saturated rings. The summed E-state index contributed by atoms with van der Waals surface area (Å²) in [6.07, 6.45) is 1.54. The quantitative estimate of drug-likeness (QED) is 0.466. The lowest BCUT2D eigenvalue weighted by molar-refractivity contribution is -0.144. The number of carbonyl (C=O) groups is 1. The zero-order valence-corrected chi connectivity index (χ0v) is 14.8. The Morgan fingerprint density at radius 3 is 2.92 bits per heavy atom. The normalized spacial score (nSPS) is 10.8. The van der Waals surface area contributed by atoms with E-state index < -0.39 is 5.97 Å². The zero-order valence-electron chi connectivity index (χ0n) is 13.2. The highest BCUT2D eigenvalue weighted by Gasteiger charge is 2.08. The second-order valence-electron chi connectivity index (χ2n) is 5.13. The maximum Gasteiger partial charge on any atom is 0.307 e. The molecule has 0 unspecified atom stereocenters. The summed E-state index contributed by atoms with van der Waals surface area (Å²) in [5.41, 5.74) is -0.152. The molecular formula is C17H15ClN2O4S. The summed E-state index contributed by atoms with van der Waals surface area (Å²) in [5, 5.41) is 2.88. The molecule has 0 aliphatic carbocycles. The van der Waals surface area contributed by atoms with Gasteiger partial charge in [0.05, 0.1) is 23.2 Å². The van der Waals surface area contributed by atoms with Crippen LogP contribution in [0.1, 0.15) is 6.42 Å². The number of rotatable bonds is 7. The lowest BCUT2D eigenvalue weighted by Crippen LogP contribution is -2.22.